The topological polar surface area (TPSA) is 63.4 Å². The number of hydrogen-bond acceptors (Lipinski definition) is 5. The van der Waals surface area contributed by atoms with Crippen LogP contribution in [0.15, 0.2) is 24.3 Å². The Balaban J connectivity index is 1.42. The Morgan fingerprint density at radius 2 is 1.96 bits per heavy atom. The summed E-state index contributed by atoms with van der Waals surface area (Å²) in [7, 11) is 2.09. The molecule has 26 heavy (non-hydrogen) atoms. The summed E-state index contributed by atoms with van der Waals surface area (Å²) in [6, 6.07) is 7.98. The van der Waals surface area contributed by atoms with Crippen LogP contribution < -0.4 is 4.74 Å². The third-order valence-corrected chi connectivity index (χ3v) is 5.91. The number of hydrogen-bond donors (Lipinski definition) is 1. The molecule has 6 heteroatoms. The number of fused-ring (bicyclic) bond motifs is 1. The molecule has 4 rings (SSSR count). The molecule has 2 aromatic rings. The predicted octanol–water partition coefficient (Wildman–Crippen LogP) is 2.50. The van der Waals surface area contributed by atoms with Gasteiger partial charge in [-0.25, -0.2) is 0 Å². The minimum atomic E-state index is -0.851. The van der Waals surface area contributed by atoms with Gasteiger partial charge in [0.1, 0.15) is 23.8 Å². The SMILES string of the molecule is CN1CCC[C@@H]1C(C)(O)c1ccc(OCc2nnc3n2CCCC3)cc1. The second-order valence-corrected chi connectivity index (χ2v) is 7.74. The van der Waals surface area contributed by atoms with Gasteiger partial charge in [-0.1, -0.05) is 12.1 Å². The third-order valence-electron chi connectivity index (χ3n) is 5.91. The molecule has 2 aliphatic heterocycles. The lowest BCUT2D eigenvalue weighted by Gasteiger charge is -2.35. The molecule has 1 aromatic carbocycles. The van der Waals surface area contributed by atoms with Crippen molar-refractivity contribution in [3.05, 3.63) is 41.5 Å². The first-order valence-corrected chi connectivity index (χ1v) is 9.62. The monoisotopic (exact) mass is 356 g/mol. The maximum absolute atomic E-state index is 11.1. The molecule has 1 N–H and O–H groups in total. The number of aryl methyl sites for hydroxylation is 1. The molecule has 0 amide bonds. The highest BCUT2D eigenvalue weighted by Crippen LogP contribution is 2.34. The lowest BCUT2D eigenvalue weighted by molar-refractivity contribution is -0.0153. The Kier molecular flexibility index (Phi) is 4.71. The van der Waals surface area contributed by atoms with Crippen molar-refractivity contribution in [2.24, 2.45) is 0 Å². The zero-order valence-corrected chi connectivity index (χ0v) is 15.7. The molecular formula is C20H28N4O2. The van der Waals surface area contributed by atoms with Crippen LogP contribution in [0.3, 0.4) is 0 Å². The maximum atomic E-state index is 11.1. The zero-order valence-electron chi connectivity index (χ0n) is 15.7. The summed E-state index contributed by atoms with van der Waals surface area (Å²) < 4.78 is 8.09. The Morgan fingerprint density at radius 3 is 2.69 bits per heavy atom. The number of ether oxygens (including phenoxy) is 1. The molecule has 1 aromatic heterocycles. The van der Waals surface area contributed by atoms with Gasteiger partial charge in [0, 0.05) is 19.0 Å². The first-order valence-electron chi connectivity index (χ1n) is 9.62. The Hall–Kier alpha value is -1.92. The van der Waals surface area contributed by atoms with Gasteiger partial charge in [-0.2, -0.15) is 0 Å². The molecular weight excluding hydrogens is 328 g/mol. The quantitative estimate of drug-likeness (QED) is 0.892. The number of likely N-dealkylation sites (N-methyl/N-ethyl adjacent to an activating group) is 1. The average molecular weight is 356 g/mol. The summed E-state index contributed by atoms with van der Waals surface area (Å²) in [6.45, 7) is 4.37. The van der Waals surface area contributed by atoms with Crippen molar-refractivity contribution in [3.63, 3.8) is 0 Å². The Bertz CT molecular complexity index is 754. The van der Waals surface area contributed by atoms with E-state index in [0.717, 1.165) is 55.3 Å². The van der Waals surface area contributed by atoms with E-state index in [9.17, 15) is 5.11 Å². The normalized spacial score (nSPS) is 22.8. The number of nitrogens with zero attached hydrogens (tertiary/aromatic N) is 4. The standard InChI is InChI=1S/C20H28N4O2/c1-20(25,17-6-5-12-23(17)2)15-8-10-16(11-9-15)26-14-19-22-21-18-7-3-4-13-24(18)19/h8-11,17,25H,3-7,12-14H2,1-2H3/t17-,20?/m1/s1. The van der Waals surface area contributed by atoms with Gasteiger partial charge in [0.25, 0.3) is 0 Å². The first kappa shape index (κ1) is 17.5. The van der Waals surface area contributed by atoms with Crippen LogP contribution in [0.2, 0.25) is 0 Å². The van der Waals surface area contributed by atoms with E-state index in [1.54, 1.807) is 0 Å². The largest absolute Gasteiger partial charge is 0.486 e. The maximum Gasteiger partial charge on any atom is 0.171 e. The van der Waals surface area contributed by atoms with Crippen molar-refractivity contribution in [3.8, 4) is 5.75 Å². The molecule has 1 saturated heterocycles. The molecule has 1 unspecified atom stereocenters. The van der Waals surface area contributed by atoms with Gasteiger partial charge in [-0.3, -0.25) is 0 Å². The van der Waals surface area contributed by atoms with Crippen LogP contribution in [0.25, 0.3) is 0 Å². The van der Waals surface area contributed by atoms with Crippen LogP contribution in [-0.4, -0.2) is 44.4 Å². The summed E-state index contributed by atoms with van der Waals surface area (Å²) >= 11 is 0. The molecule has 0 saturated carbocycles. The molecule has 140 valence electrons. The molecule has 2 atom stereocenters. The van der Waals surface area contributed by atoms with Crippen molar-refractivity contribution < 1.29 is 9.84 Å². The van der Waals surface area contributed by atoms with Gasteiger partial charge in [-0.05, 0) is 63.9 Å². The van der Waals surface area contributed by atoms with E-state index in [1.807, 2.05) is 31.2 Å². The molecule has 3 heterocycles. The van der Waals surface area contributed by atoms with E-state index in [4.69, 9.17) is 4.74 Å². The van der Waals surface area contributed by atoms with Gasteiger partial charge in [0.15, 0.2) is 5.82 Å². The van der Waals surface area contributed by atoms with E-state index in [1.165, 1.54) is 12.8 Å². The van der Waals surface area contributed by atoms with Crippen LogP contribution in [-0.2, 0) is 25.2 Å². The van der Waals surface area contributed by atoms with Crippen LogP contribution >= 0.6 is 0 Å². The summed E-state index contributed by atoms with van der Waals surface area (Å²) in [5, 5.41) is 19.6. The van der Waals surface area contributed by atoms with Crippen LogP contribution in [0.5, 0.6) is 5.75 Å². The van der Waals surface area contributed by atoms with E-state index < -0.39 is 5.60 Å². The molecule has 0 bridgehead atoms. The highest BCUT2D eigenvalue weighted by atomic mass is 16.5. The minimum Gasteiger partial charge on any atom is -0.486 e. The summed E-state index contributed by atoms with van der Waals surface area (Å²) in [4.78, 5) is 2.25. The Morgan fingerprint density at radius 1 is 1.15 bits per heavy atom. The fraction of sp³-hybridized carbons (Fsp3) is 0.600. The highest BCUT2D eigenvalue weighted by Gasteiger charge is 2.38. The second kappa shape index (κ2) is 7.00. The average Bonchev–Trinajstić information content (AvgIpc) is 3.27. The lowest BCUT2D eigenvalue weighted by atomic mass is 9.87. The van der Waals surface area contributed by atoms with Gasteiger partial charge < -0.3 is 19.3 Å². The van der Waals surface area contributed by atoms with E-state index in [2.05, 4.69) is 26.7 Å². The number of aromatic nitrogens is 3. The van der Waals surface area contributed by atoms with E-state index in [0.29, 0.717) is 6.61 Å². The van der Waals surface area contributed by atoms with Gasteiger partial charge in [-0.15, -0.1) is 10.2 Å². The van der Waals surface area contributed by atoms with Gasteiger partial charge in [0.2, 0.25) is 0 Å². The van der Waals surface area contributed by atoms with Gasteiger partial charge >= 0.3 is 0 Å². The molecule has 0 aliphatic carbocycles. The van der Waals surface area contributed by atoms with Crippen molar-refractivity contribution >= 4 is 0 Å². The van der Waals surface area contributed by atoms with Crippen molar-refractivity contribution in [1.29, 1.82) is 0 Å². The molecule has 0 spiro atoms. The van der Waals surface area contributed by atoms with E-state index in [-0.39, 0.29) is 6.04 Å². The number of likely N-dealkylation sites (tertiary alicyclic amines) is 1. The number of rotatable bonds is 5. The Labute approximate surface area is 154 Å². The zero-order chi connectivity index (χ0) is 18.1. The summed E-state index contributed by atoms with van der Waals surface area (Å²) in [5.41, 5.74) is 0.0824. The third kappa shape index (κ3) is 3.23. The number of aliphatic hydroxyl groups is 1. The van der Waals surface area contributed by atoms with Crippen LogP contribution in [0.4, 0.5) is 0 Å². The van der Waals surface area contributed by atoms with Crippen molar-refractivity contribution in [1.82, 2.24) is 19.7 Å². The fourth-order valence-electron chi connectivity index (χ4n) is 4.32. The van der Waals surface area contributed by atoms with Crippen molar-refractivity contribution in [2.75, 3.05) is 13.6 Å². The molecule has 2 aliphatic rings. The fourth-order valence-corrected chi connectivity index (χ4v) is 4.32. The molecule has 1 fully saturated rings. The molecule has 0 radical (unpaired) electrons. The summed E-state index contributed by atoms with van der Waals surface area (Å²) in [6.07, 6.45) is 5.54. The smallest absolute Gasteiger partial charge is 0.171 e. The summed E-state index contributed by atoms with van der Waals surface area (Å²) in [5.74, 6) is 2.75. The van der Waals surface area contributed by atoms with E-state index >= 15 is 0 Å². The minimum absolute atomic E-state index is 0.164. The lowest BCUT2D eigenvalue weighted by Crippen LogP contribution is -2.43. The van der Waals surface area contributed by atoms with Crippen molar-refractivity contribution in [2.45, 2.75) is 63.8 Å². The predicted molar refractivity (Wildman–Crippen MR) is 99.0 cm³/mol. The molecule has 6 nitrogen and oxygen atoms in total. The second-order valence-electron chi connectivity index (χ2n) is 7.74. The highest BCUT2D eigenvalue weighted by molar-refractivity contribution is 5.32. The number of benzene rings is 1. The van der Waals surface area contributed by atoms with Crippen LogP contribution in [0, 0.1) is 0 Å². The first-order chi connectivity index (χ1) is 12.6. The van der Waals surface area contributed by atoms with Gasteiger partial charge in [0.05, 0.1) is 0 Å². The van der Waals surface area contributed by atoms with Crippen LogP contribution in [0.1, 0.15) is 49.8 Å².